The minimum atomic E-state index is -0.978. The second-order valence-electron chi connectivity index (χ2n) is 4.69. The molecule has 2 aromatic rings. The van der Waals surface area contributed by atoms with Crippen molar-refractivity contribution in [3.05, 3.63) is 33.6 Å². The number of amides is 1. The first-order valence-electron chi connectivity index (χ1n) is 6.65. The van der Waals surface area contributed by atoms with E-state index in [9.17, 15) is 9.59 Å². The number of carboxylic acid groups (broad SMARTS) is 1. The fourth-order valence-electron chi connectivity index (χ4n) is 1.98. The van der Waals surface area contributed by atoms with Crippen LogP contribution >= 0.6 is 11.3 Å². The highest BCUT2D eigenvalue weighted by atomic mass is 32.1. The maximum Gasteiger partial charge on any atom is 0.325 e. The van der Waals surface area contributed by atoms with Crippen LogP contribution in [-0.4, -0.2) is 26.8 Å². The topological polar surface area (TPSA) is 84.2 Å². The van der Waals surface area contributed by atoms with Gasteiger partial charge in [-0.15, -0.1) is 11.3 Å². The van der Waals surface area contributed by atoms with Crippen LogP contribution in [0.4, 0.5) is 5.82 Å². The van der Waals surface area contributed by atoms with Crippen molar-refractivity contribution >= 4 is 29.0 Å². The number of carboxylic acids is 1. The first-order valence-corrected chi connectivity index (χ1v) is 7.47. The molecule has 0 aliphatic rings. The normalized spacial score (nSPS) is 10.6. The summed E-state index contributed by atoms with van der Waals surface area (Å²) in [5.74, 6) is -0.843. The van der Waals surface area contributed by atoms with Gasteiger partial charge in [-0.2, -0.15) is 5.10 Å². The third-order valence-electron chi connectivity index (χ3n) is 2.94. The molecule has 0 aromatic carbocycles. The van der Waals surface area contributed by atoms with Crippen LogP contribution in [-0.2, 0) is 17.8 Å². The summed E-state index contributed by atoms with van der Waals surface area (Å²) in [5.41, 5.74) is 1.20. The number of nitrogens with one attached hydrogen (secondary N) is 1. The standard InChI is InChI=1S/C14H17N3O3S/c1-3-4-10-7-11(21-9(10)2)14(20)15-12-5-6-17(16-12)8-13(18)19/h5-7H,3-4,8H2,1-2H3,(H,18,19)(H,15,16,20). The van der Waals surface area contributed by atoms with Gasteiger partial charge in [-0.1, -0.05) is 13.3 Å². The van der Waals surface area contributed by atoms with Crippen molar-refractivity contribution in [1.82, 2.24) is 9.78 Å². The molecule has 112 valence electrons. The lowest BCUT2D eigenvalue weighted by atomic mass is 10.1. The van der Waals surface area contributed by atoms with Crippen molar-refractivity contribution in [2.24, 2.45) is 0 Å². The molecule has 0 aliphatic carbocycles. The average Bonchev–Trinajstić information content (AvgIpc) is 2.97. The lowest BCUT2D eigenvalue weighted by molar-refractivity contribution is -0.137. The first-order chi connectivity index (χ1) is 9.99. The molecule has 0 bridgehead atoms. The van der Waals surface area contributed by atoms with Gasteiger partial charge in [-0.05, 0) is 25.0 Å². The van der Waals surface area contributed by atoms with Crippen molar-refractivity contribution in [1.29, 1.82) is 0 Å². The Morgan fingerprint density at radius 3 is 2.90 bits per heavy atom. The zero-order valence-corrected chi connectivity index (χ0v) is 12.7. The monoisotopic (exact) mass is 307 g/mol. The summed E-state index contributed by atoms with van der Waals surface area (Å²) in [4.78, 5) is 24.5. The molecule has 21 heavy (non-hydrogen) atoms. The van der Waals surface area contributed by atoms with Gasteiger partial charge < -0.3 is 10.4 Å². The number of nitrogens with zero attached hydrogens (tertiary/aromatic N) is 2. The van der Waals surface area contributed by atoms with Crippen molar-refractivity contribution in [2.75, 3.05) is 5.32 Å². The molecular formula is C14H17N3O3S. The van der Waals surface area contributed by atoms with Gasteiger partial charge in [0.1, 0.15) is 6.54 Å². The van der Waals surface area contributed by atoms with E-state index in [1.165, 1.54) is 27.8 Å². The van der Waals surface area contributed by atoms with Crippen molar-refractivity contribution < 1.29 is 14.7 Å². The van der Waals surface area contributed by atoms with Gasteiger partial charge in [0.2, 0.25) is 0 Å². The molecule has 2 heterocycles. The van der Waals surface area contributed by atoms with Crippen LogP contribution in [0.5, 0.6) is 0 Å². The molecule has 0 aliphatic heterocycles. The Bertz CT molecular complexity index is 660. The number of aliphatic carboxylic acids is 1. The Morgan fingerprint density at radius 2 is 2.24 bits per heavy atom. The van der Waals surface area contributed by atoms with E-state index in [0.717, 1.165) is 17.7 Å². The van der Waals surface area contributed by atoms with E-state index in [2.05, 4.69) is 17.3 Å². The Balaban J connectivity index is 2.05. The minimum Gasteiger partial charge on any atom is -0.480 e. The summed E-state index contributed by atoms with van der Waals surface area (Å²) in [6.45, 7) is 3.88. The van der Waals surface area contributed by atoms with Gasteiger partial charge in [0, 0.05) is 17.1 Å². The van der Waals surface area contributed by atoms with E-state index in [1.807, 2.05) is 13.0 Å². The van der Waals surface area contributed by atoms with Crippen LogP contribution in [0.25, 0.3) is 0 Å². The SMILES string of the molecule is CCCc1cc(C(=O)Nc2ccn(CC(=O)O)n2)sc1C. The molecule has 2 N–H and O–H groups in total. The third kappa shape index (κ3) is 3.91. The van der Waals surface area contributed by atoms with E-state index >= 15 is 0 Å². The molecule has 0 saturated heterocycles. The zero-order chi connectivity index (χ0) is 15.4. The highest BCUT2D eigenvalue weighted by Crippen LogP contribution is 2.23. The number of carbonyl (C=O) groups is 2. The number of rotatable bonds is 6. The fourth-order valence-corrected chi connectivity index (χ4v) is 2.95. The van der Waals surface area contributed by atoms with Gasteiger partial charge in [0.05, 0.1) is 4.88 Å². The Hall–Kier alpha value is -2.15. The summed E-state index contributed by atoms with van der Waals surface area (Å²) in [7, 11) is 0. The number of hydrogen-bond acceptors (Lipinski definition) is 4. The predicted octanol–water partition coefficient (Wildman–Crippen LogP) is 2.54. The highest BCUT2D eigenvalue weighted by molar-refractivity contribution is 7.14. The van der Waals surface area contributed by atoms with E-state index in [0.29, 0.717) is 10.7 Å². The third-order valence-corrected chi connectivity index (χ3v) is 4.03. The van der Waals surface area contributed by atoms with Crippen LogP contribution < -0.4 is 5.32 Å². The lowest BCUT2D eigenvalue weighted by Crippen LogP contribution is -2.13. The molecule has 7 heteroatoms. The zero-order valence-electron chi connectivity index (χ0n) is 11.9. The van der Waals surface area contributed by atoms with Gasteiger partial charge in [0.15, 0.2) is 5.82 Å². The molecule has 0 radical (unpaired) electrons. The number of aromatic nitrogens is 2. The Labute approximate surface area is 126 Å². The number of aryl methyl sites for hydroxylation is 2. The van der Waals surface area contributed by atoms with E-state index in [-0.39, 0.29) is 12.5 Å². The smallest absolute Gasteiger partial charge is 0.325 e. The molecule has 2 aromatic heterocycles. The molecule has 0 saturated carbocycles. The van der Waals surface area contributed by atoms with Crippen LogP contribution in [0.3, 0.4) is 0 Å². The average molecular weight is 307 g/mol. The fraction of sp³-hybridized carbons (Fsp3) is 0.357. The molecule has 0 atom stereocenters. The quantitative estimate of drug-likeness (QED) is 0.859. The van der Waals surface area contributed by atoms with Gasteiger partial charge in [0.25, 0.3) is 5.91 Å². The minimum absolute atomic E-state index is 0.217. The second-order valence-corrected chi connectivity index (χ2v) is 5.94. The predicted molar refractivity (Wildman–Crippen MR) is 80.9 cm³/mol. The van der Waals surface area contributed by atoms with Gasteiger partial charge in [-0.25, -0.2) is 0 Å². The number of hydrogen-bond donors (Lipinski definition) is 2. The molecule has 0 fully saturated rings. The molecule has 6 nitrogen and oxygen atoms in total. The van der Waals surface area contributed by atoms with Crippen LogP contribution in [0.2, 0.25) is 0 Å². The summed E-state index contributed by atoms with van der Waals surface area (Å²) in [5, 5.41) is 15.3. The number of carbonyl (C=O) groups excluding carboxylic acids is 1. The maximum atomic E-state index is 12.1. The first kappa shape index (κ1) is 15.2. The number of anilines is 1. The molecule has 1 amide bonds. The van der Waals surface area contributed by atoms with Crippen LogP contribution in [0.15, 0.2) is 18.3 Å². The van der Waals surface area contributed by atoms with Gasteiger partial charge >= 0.3 is 5.97 Å². The summed E-state index contributed by atoms with van der Waals surface area (Å²) < 4.78 is 1.26. The Kier molecular flexibility index (Phi) is 4.74. The van der Waals surface area contributed by atoms with Crippen LogP contribution in [0, 0.1) is 6.92 Å². The highest BCUT2D eigenvalue weighted by Gasteiger charge is 2.13. The molecule has 2 rings (SSSR count). The van der Waals surface area contributed by atoms with Gasteiger partial charge in [-0.3, -0.25) is 14.3 Å². The van der Waals surface area contributed by atoms with Crippen molar-refractivity contribution in [3.8, 4) is 0 Å². The summed E-state index contributed by atoms with van der Waals surface area (Å²) in [6, 6.07) is 3.49. The van der Waals surface area contributed by atoms with Crippen molar-refractivity contribution in [2.45, 2.75) is 33.2 Å². The van der Waals surface area contributed by atoms with E-state index in [4.69, 9.17) is 5.11 Å². The summed E-state index contributed by atoms with van der Waals surface area (Å²) >= 11 is 1.46. The van der Waals surface area contributed by atoms with E-state index in [1.54, 1.807) is 6.07 Å². The summed E-state index contributed by atoms with van der Waals surface area (Å²) in [6.07, 6.45) is 3.52. The van der Waals surface area contributed by atoms with Crippen LogP contribution in [0.1, 0.15) is 33.5 Å². The molecule has 0 unspecified atom stereocenters. The maximum absolute atomic E-state index is 12.1. The molecular weight excluding hydrogens is 290 g/mol. The largest absolute Gasteiger partial charge is 0.480 e. The lowest BCUT2D eigenvalue weighted by Gasteiger charge is -1.99. The second kappa shape index (κ2) is 6.53. The number of thiophene rings is 1. The Morgan fingerprint density at radius 1 is 1.48 bits per heavy atom. The molecule has 0 spiro atoms. The van der Waals surface area contributed by atoms with Crippen molar-refractivity contribution in [3.63, 3.8) is 0 Å². The van der Waals surface area contributed by atoms with E-state index < -0.39 is 5.97 Å².